The van der Waals surface area contributed by atoms with E-state index in [-0.39, 0.29) is 0 Å². The van der Waals surface area contributed by atoms with E-state index >= 15 is 0 Å². The molecular weight excluding hydrogens is 224 g/mol. The fraction of sp³-hybridized carbons (Fsp3) is 0. The van der Waals surface area contributed by atoms with Crippen molar-refractivity contribution in [2.24, 2.45) is 0 Å². The minimum atomic E-state index is -2.14. The summed E-state index contributed by atoms with van der Waals surface area (Å²) in [4.78, 5) is 0. The molecule has 0 saturated heterocycles. The summed E-state index contributed by atoms with van der Waals surface area (Å²) in [6.07, 6.45) is 0. The van der Waals surface area contributed by atoms with Gasteiger partial charge in [-0.3, -0.25) is 0 Å². The first-order chi connectivity index (χ1) is 4.24. The second-order valence-corrected chi connectivity index (χ2v) is 9.95. The molecule has 0 nitrogen and oxygen atoms in total. The molecular formula is C8H12Te. The van der Waals surface area contributed by atoms with E-state index in [0.29, 0.717) is 0 Å². The Bertz CT molecular complexity index is 107. The van der Waals surface area contributed by atoms with E-state index in [9.17, 15) is 0 Å². The van der Waals surface area contributed by atoms with Gasteiger partial charge in [0.2, 0.25) is 0 Å². The standard InChI is InChI=1S/C8H12Te/c1-5-9(6-2,7-3)8-4/h5-8H,1-4H2. The molecule has 0 aliphatic rings. The molecule has 0 aliphatic heterocycles. The molecule has 9 heavy (non-hydrogen) atoms. The molecule has 0 N–H and O–H groups in total. The Labute approximate surface area is 61.1 Å². The molecule has 0 spiro atoms. The molecule has 0 atom stereocenters. The molecule has 0 saturated carbocycles. The zero-order valence-corrected chi connectivity index (χ0v) is 7.88. The number of hydrogen-bond acceptors (Lipinski definition) is 0. The third kappa shape index (κ3) is 1.86. The van der Waals surface area contributed by atoms with Gasteiger partial charge in [-0.05, 0) is 0 Å². The van der Waals surface area contributed by atoms with Crippen molar-refractivity contribution in [3.8, 4) is 0 Å². The van der Waals surface area contributed by atoms with Gasteiger partial charge in [0, 0.05) is 0 Å². The topological polar surface area (TPSA) is 0 Å². The zero-order valence-electron chi connectivity index (χ0n) is 5.55. The van der Waals surface area contributed by atoms with Crippen LogP contribution in [0.2, 0.25) is 0 Å². The van der Waals surface area contributed by atoms with Crippen molar-refractivity contribution in [1.82, 2.24) is 0 Å². The molecule has 0 unspecified atom stereocenters. The van der Waals surface area contributed by atoms with E-state index < -0.39 is 18.2 Å². The molecule has 1 heteroatoms. The molecule has 0 bridgehead atoms. The SMILES string of the molecule is C=C[Te](C=C)(C=C)C=C. The summed E-state index contributed by atoms with van der Waals surface area (Å²) in [6.45, 7) is 14.9. The van der Waals surface area contributed by atoms with Crippen molar-refractivity contribution in [1.29, 1.82) is 0 Å². The molecule has 0 radical (unpaired) electrons. The summed E-state index contributed by atoms with van der Waals surface area (Å²) in [6, 6.07) is 0. The van der Waals surface area contributed by atoms with Gasteiger partial charge in [-0.1, -0.05) is 0 Å². The van der Waals surface area contributed by atoms with Crippen molar-refractivity contribution < 1.29 is 0 Å². The Morgan fingerprint density at radius 3 is 0.889 bits per heavy atom. The van der Waals surface area contributed by atoms with E-state index in [0.717, 1.165) is 0 Å². The van der Waals surface area contributed by atoms with Gasteiger partial charge >= 0.3 is 61.0 Å². The average Bonchev–Trinajstić information content (AvgIpc) is 1.95. The van der Waals surface area contributed by atoms with Crippen molar-refractivity contribution >= 4 is 18.2 Å². The van der Waals surface area contributed by atoms with E-state index in [1.165, 1.54) is 0 Å². The van der Waals surface area contributed by atoms with Crippen LogP contribution in [0, 0.1) is 0 Å². The van der Waals surface area contributed by atoms with Gasteiger partial charge < -0.3 is 0 Å². The van der Waals surface area contributed by atoms with E-state index in [1.807, 2.05) is 16.5 Å². The van der Waals surface area contributed by atoms with Gasteiger partial charge in [-0.2, -0.15) is 0 Å². The first-order valence-electron chi connectivity index (χ1n) is 2.58. The summed E-state index contributed by atoms with van der Waals surface area (Å²) in [7, 11) is 0. The van der Waals surface area contributed by atoms with Gasteiger partial charge in [0.15, 0.2) is 0 Å². The second kappa shape index (κ2) is 3.71. The average molecular weight is 236 g/mol. The van der Waals surface area contributed by atoms with Crippen LogP contribution in [-0.2, 0) is 0 Å². The third-order valence-corrected chi connectivity index (χ3v) is 7.75. The van der Waals surface area contributed by atoms with Gasteiger partial charge in [0.05, 0.1) is 0 Å². The van der Waals surface area contributed by atoms with Gasteiger partial charge in [0.25, 0.3) is 0 Å². The zero-order chi connectivity index (χ0) is 7.33. The Morgan fingerprint density at radius 2 is 0.889 bits per heavy atom. The van der Waals surface area contributed by atoms with Crippen molar-refractivity contribution in [3.63, 3.8) is 0 Å². The normalized spacial score (nSPS) is 11.6. The predicted octanol–water partition coefficient (Wildman–Crippen LogP) is 2.34. The van der Waals surface area contributed by atoms with Crippen LogP contribution in [0.3, 0.4) is 0 Å². The Morgan fingerprint density at radius 1 is 0.667 bits per heavy atom. The maximum absolute atomic E-state index is 3.72. The fourth-order valence-electron chi connectivity index (χ4n) is 0.408. The van der Waals surface area contributed by atoms with Crippen LogP contribution in [0.15, 0.2) is 42.8 Å². The molecule has 0 aromatic carbocycles. The van der Waals surface area contributed by atoms with Gasteiger partial charge in [-0.25, -0.2) is 0 Å². The van der Waals surface area contributed by atoms with Crippen LogP contribution in [0.4, 0.5) is 0 Å². The Balaban J connectivity index is 4.53. The van der Waals surface area contributed by atoms with Crippen LogP contribution in [-0.4, -0.2) is 18.2 Å². The number of rotatable bonds is 4. The van der Waals surface area contributed by atoms with Crippen LogP contribution < -0.4 is 0 Å². The van der Waals surface area contributed by atoms with Crippen molar-refractivity contribution in [3.05, 3.63) is 42.8 Å². The summed E-state index contributed by atoms with van der Waals surface area (Å²) in [5.41, 5.74) is 0. The molecule has 0 aliphatic carbocycles. The summed E-state index contributed by atoms with van der Waals surface area (Å²) >= 11 is -2.14. The fourth-order valence-corrected chi connectivity index (χ4v) is 2.74. The van der Waals surface area contributed by atoms with Gasteiger partial charge in [-0.15, -0.1) is 0 Å². The maximum atomic E-state index is 3.72. The molecule has 0 fully saturated rings. The molecule has 50 valence electrons. The molecule has 0 heterocycles. The summed E-state index contributed by atoms with van der Waals surface area (Å²) in [5, 5.41) is 0. The summed E-state index contributed by atoms with van der Waals surface area (Å²) < 4.78 is 7.76. The Hall–Kier alpha value is -0.250. The molecule has 0 aromatic rings. The molecule has 0 rings (SSSR count). The van der Waals surface area contributed by atoms with Crippen LogP contribution in [0.25, 0.3) is 0 Å². The first kappa shape index (κ1) is 8.75. The van der Waals surface area contributed by atoms with Crippen LogP contribution in [0.1, 0.15) is 0 Å². The second-order valence-electron chi connectivity index (χ2n) is 1.48. The number of hydrogen-bond donors (Lipinski definition) is 0. The Kier molecular flexibility index (Phi) is 3.61. The molecule has 0 aromatic heterocycles. The van der Waals surface area contributed by atoms with Crippen molar-refractivity contribution in [2.45, 2.75) is 0 Å². The van der Waals surface area contributed by atoms with E-state index in [4.69, 9.17) is 0 Å². The first-order valence-corrected chi connectivity index (χ1v) is 7.96. The van der Waals surface area contributed by atoms with Crippen LogP contribution in [0.5, 0.6) is 0 Å². The third-order valence-electron chi connectivity index (χ3n) is 1.15. The van der Waals surface area contributed by atoms with E-state index in [1.54, 1.807) is 0 Å². The van der Waals surface area contributed by atoms with Gasteiger partial charge in [0.1, 0.15) is 0 Å². The predicted molar refractivity (Wildman–Crippen MR) is 46.5 cm³/mol. The van der Waals surface area contributed by atoms with Crippen LogP contribution >= 0.6 is 0 Å². The molecule has 0 amide bonds. The minimum absolute atomic E-state index is 1.94. The van der Waals surface area contributed by atoms with Crippen molar-refractivity contribution in [2.75, 3.05) is 0 Å². The monoisotopic (exact) mass is 238 g/mol. The summed E-state index contributed by atoms with van der Waals surface area (Å²) in [5.74, 6) is 0. The van der Waals surface area contributed by atoms with E-state index in [2.05, 4.69) is 26.3 Å². The quantitative estimate of drug-likeness (QED) is 0.657.